The molecule has 1 atom stereocenters. The lowest BCUT2D eigenvalue weighted by atomic mass is 9.93. The van der Waals surface area contributed by atoms with Gasteiger partial charge in [0, 0.05) is 12.2 Å². The average molecular weight is 360 g/mol. The Labute approximate surface area is 152 Å². The Morgan fingerprint density at radius 3 is 2.44 bits per heavy atom. The molecule has 132 valence electrons. The molecule has 0 aliphatic carbocycles. The molecule has 1 aliphatic rings. The monoisotopic (exact) mass is 360 g/mol. The van der Waals surface area contributed by atoms with Gasteiger partial charge in [-0.15, -0.1) is 0 Å². The molecule has 3 rings (SSSR count). The molecule has 2 aromatic carbocycles. The van der Waals surface area contributed by atoms with Crippen molar-refractivity contribution in [2.45, 2.75) is 19.4 Å². The molecule has 0 aromatic heterocycles. The van der Waals surface area contributed by atoms with Crippen molar-refractivity contribution < 1.29 is 13.9 Å². The summed E-state index contributed by atoms with van der Waals surface area (Å²) in [5, 5.41) is 3.81. The lowest BCUT2D eigenvalue weighted by Crippen LogP contribution is -2.41. The lowest BCUT2D eigenvalue weighted by Gasteiger charge is -2.37. The van der Waals surface area contributed by atoms with Crippen LogP contribution < -0.4 is 14.8 Å². The largest absolute Gasteiger partial charge is 0.493 e. The van der Waals surface area contributed by atoms with Gasteiger partial charge in [-0.3, -0.25) is 0 Å². The Hall–Kier alpha value is -2.34. The van der Waals surface area contributed by atoms with Crippen molar-refractivity contribution in [3.63, 3.8) is 0 Å². The number of hydrogen-bond donors (Lipinski definition) is 1. The molecule has 0 unspecified atom stereocenters. The smallest absolute Gasteiger partial charge is 0.173 e. The topological polar surface area (TPSA) is 33.7 Å². The number of hydrogen-bond acceptors (Lipinski definition) is 3. The Morgan fingerprint density at radius 2 is 1.80 bits per heavy atom. The zero-order chi connectivity index (χ0) is 18.0. The summed E-state index contributed by atoms with van der Waals surface area (Å²) in [5.41, 5.74) is 3.19. The summed E-state index contributed by atoms with van der Waals surface area (Å²) in [7, 11) is 3.28. The van der Waals surface area contributed by atoms with E-state index in [0.717, 1.165) is 24.4 Å². The van der Waals surface area contributed by atoms with E-state index >= 15 is 0 Å². The minimum atomic E-state index is -0.266. The van der Waals surface area contributed by atoms with Gasteiger partial charge >= 0.3 is 0 Å². The second-order valence-corrected chi connectivity index (χ2v) is 6.35. The molecular weight excluding hydrogens is 339 g/mol. The van der Waals surface area contributed by atoms with Gasteiger partial charge in [0.25, 0.3) is 0 Å². The van der Waals surface area contributed by atoms with Crippen LogP contribution in [0.15, 0.2) is 36.4 Å². The first-order valence-corrected chi connectivity index (χ1v) is 8.52. The Bertz CT molecular complexity index is 780. The maximum atomic E-state index is 13.0. The quantitative estimate of drug-likeness (QED) is 0.832. The zero-order valence-electron chi connectivity index (χ0n) is 14.5. The number of methoxy groups -OCH3 is 2. The van der Waals surface area contributed by atoms with Gasteiger partial charge in [-0.2, -0.15) is 0 Å². The molecule has 1 N–H and O–H groups in total. The van der Waals surface area contributed by atoms with E-state index in [-0.39, 0.29) is 11.9 Å². The fraction of sp³-hybridized carbons (Fsp3) is 0.316. The van der Waals surface area contributed by atoms with Crippen LogP contribution in [0.3, 0.4) is 0 Å². The maximum Gasteiger partial charge on any atom is 0.173 e. The highest BCUT2D eigenvalue weighted by Gasteiger charge is 2.27. The third kappa shape index (κ3) is 3.54. The summed E-state index contributed by atoms with van der Waals surface area (Å²) in [4.78, 5) is 2.13. The molecule has 25 heavy (non-hydrogen) atoms. The molecule has 0 fully saturated rings. The van der Waals surface area contributed by atoms with E-state index in [2.05, 4.69) is 17.1 Å². The van der Waals surface area contributed by atoms with Gasteiger partial charge in [0.1, 0.15) is 5.82 Å². The number of fused-ring (bicyclic) bond motifs is 1. The number of halogens is 1. The van der Waals surface area contributed by atoms with E-state index < -0.39 is 0 Å². The molecule has 0 radical (unpaired) electrons. The van der Waals surface area contributed by atoms with Crippen molar-refractivity contribution >= 4 is 23.0 Å². The zero-order valence-corrected chi connectivity index (χ0v) is 15.3. The van der Waals surface area contributed by atoms with Gasteiger partial charge in [-0.05, 0) is 73.1 Å². The van der Waals surface area contributed by atoms with E-state index in [1.165, 1.54) is 23.3 Å². The first kappa shape index (κ1) is 17.5. The average Bonchev–Trinajstić information content (AvgIpc) is 2.62. The van der Waals surface area contributed by atoms with Gasteiger partial charge in [0.15, 0.2) is 16.6 Å². The summed E-state index contributed by atoms with van der Waals surface area (Å²) in [5.74, 6) is 1.19. The Balaban J connectivity index is 1.81. The Kier molecular flexibility index (Phi) is 5.08. The summed E-state index contributed by atoms with van der Waals surface area (Å²) >= 11 is 5.57. The first-order valence-electron chi connectivity index (χ1n) is 8.11. The fourth-order valence-corrected chi connectivity index (χ4v) is 3.52. The number of benzene rings is 2. The number of anilines is 1. The maximum absolute atomic E-state index is 13.0. The molecule has 1 aliphatic heterocycles. The standard InChI is InChI=1S/C19H21FN2O2S/c1-12-16-11-18(24-3)17(23-2)10-13(16)8-9-22(12)19(25)21-15-6-4-14(20)5-7-15/h4-7,10-12H,8-9H2,1-3H3,(H,21,25)/t12-/m1/s1. The number of nitrogens with zero attached hydrogens (tertiary/aromatic N) is 1. The van der Waals surface area contributed by atoms with Gasteiger partial charge in [0.05, 0.1) is 20.3 Å². The van der Waals surface area contributed by atoms with E-state index in [1.807, 2.05) is 12.1 Å². The second-order valence-electron chi connectivity index (χ2n) is 5.96. The van der Waals surface area contributed by atoms with Crippen LogP contribution in [0, 0.1) is 5.82 Å². The van der Waals surface area contributed by atoms with Crippen LogP contribution in [-0.4, -0.2) is 30.8 Å². The fourth-order valence-electron chi connectivity index (χ4n) is 3.15. The third-order valence-electron chi connectivity index (χ3n) is 4.54. The molecule has 0 saturated carbocycles. The van der Waals surface area contributed by atoms with Crippen LogP contribution in [-0.2, 0) is 6.42 Å². The van der Waals surface area contributed by atoms with Crippen molar-refractivity contribution in [2.24, 2.45) is 0 Å². The molecule has 4 nitrogen and oxygen atoms in total. The van der Waals surface area contributed by atoms with Gasteiger partial charge in [-0.1, -0.05) is 0 Å². The van der Waals surface area contributed by atoms with Crippen molar-refractivity contribution in [3.8, 4) is 11.5 Å². The Morgan fingerprint density at radius 1 is 1.16 bits per heavy atom. The van der Waals surface area contributed by atoms with Crippen molar-refractivity contribution in [2.75, 3.05) is 26.1 Å². The number of ether oxygens (including phenoxy) is 2. The molecule has 6 heteroatoms. The van der Waals surface area contributed by atoms with Crippen molar-refractivity contribution in [1.29, 1.82) is 0 Å². The lowest BCUT2D eigenvalue weighted by molar-refractivity contribution is 0.316. The van der Waals surface area contributed by atoms with Crippen LogP contribution in [0.25, 0.3) is 0 Å². The minimum Gasteiger partial charge on any atom is -0.493 e. The second kappa shape index (κ2) is 7.27. The summed E-state index contributed by atoms with van der Waals surface area (Å²) in [6.07, 6.45) is 0.866. The van der Waals surface area contributed by atoms with Crippen LogP contribution >= 0.6 is 12.2 Å². The SMILES string of the molecule is COc1cc2c(cc1OC)[C@@H](C)N(C(=S)Nc1ccc(F)cc1)CC2. The number of rotatable bonds is 3. The number of nitrogens with one attached hydrogen (secondary N) is 1. The highest BCUT2D eigenvalue weighted by Crippen LogP contribution is 2.38. The molecular formula is C19H21FN2O2S. The van der Waals surface area contributed by atoms with E-state index in [4.69, 9.17) is 21.7 Å². The minimum absolute atomic E-state index is 0.101. The summed E-state index contributed by atoms with van der Waals surface area (Å²) in [6, 6.07) is 10.3. The van der Waals surface area contributed by atoms with Gasteiger partial charge in [0.2, 0.25) is 0 Å². The molecule has 0 amide bonds. The molecule has 0 spiro atoms. The van der Waals surface area contributed by atoms with E-state index in [9.17, 15) is 4.39 Å². The van der Waals surface area contributed by atoms with Crippen LogP contribution in [0.4, 0.5) is 10.1 Å². The molecule has 0 saturated heterocycles. The number of thiocarbonyl (C=S) groups is 1. The molecule has 1 heterocycles. The van der Waals surface area contributed by atoms with Crippen molar-refractivity contribution in [3.05, 3.63) is 53.3 Å². The van der Waals surface area contributed by atoms with E-state index in [1.54, 1.807) is 26.4 Å². The van der Waals surface area contributed by atoms with Gasteiger partial charge in [-0.25, -0.2) is 4.39 Å². The predicted octanol–water partition coefficient (Wildman–Crippen LogP) is 4.16. The first-order chi connectivity index (χ1) is 12.0. The predicted molar refractivity (Wildman–Crippen MR) is 101 cm³/mol. The van der Waals surface area contributed by atoms with E-state index in [0.29, 0.717) is 10.9 Å². The van der Waals surface area contributed by atoms with Crippen LogP contribution in [0.1, 0.15) is 24.1 Å². The highest BCUT2D eigenvalue weighted by molar-refractivity contribution is 7.80. The van der Waals surface area contributed by atoms with Crippen molar-refractivity contribution in [1.82, 2.24) is 4.90 Å². The molecule has 2 aromatic rings. The van der Waals surface area contributed by atoms with Crippen LogP contribution in [0.2, 0.25) is 0 Å². The van der Waals surface area contributed by atoms with Gasteiger partial charge < -0.3 is 19.7 Å². The van der Waals surface area contributed by atoms with Crippen LogP contribution in [0.5, 0.6) is 11.5 Å². The normalized spacial score (nSPS) is 16.2. The summed E-state index contributed by atoms with van der Waals surface area (Å²) < 4.78 is 23.9. The highest BCUT2D eigenvalue weighted by atomic mass is 32.1. The third-order valence-corrected chi connectivity index (χ3v) is 4.88. The molecule has 0 bridgehead atoms. The summed E-state index contributed by atoms with van der Waals surface area (Å²) in [6.45, 7) is 2.92.